The Morgan fingerprint density at radius 3 is 2.63 bits per heavy atom. The third-order valence-corrected chi connectivity index (χ3v) is 5.19. The zero-order chi connectivity index (χ0) is 19.3. The molecule has 0 aromatic heterocycles. The first-order valence-electron chi connectivity index (χ1n) is 9.46. The monoisotopic (exact) mass is 367 g/mol. The van der Waals surface area contributed by atoms with Gasteiger partial charge in [-0.3, -0.25) is 4.79 Å². The van der Waals surface area contributed by atoms with Gasteiger partial charge in [-0.1, -0.05) is 19.1 Å². The zero-order valence-electron chi connectivity index (χ0n) is 16.4. The Kier molecular flexibility index (Phi) is 6.01. The highest BCUT2D eigenvalue weighted by Crippen LogP contribution is 2.28. The van der Waals surface area contributed by atoms with Gasteiger partial charge in [0.15, 0.2) is 0 Å². The number of amides is 1. The molecule has 3 rings (SSSR count). The second-order valence-corrected chi connectivity index (χ2v) is 7.73. The molecule has 1 aliphatic heterocycles. The van der Waals surface area contributed by atoms with E-state index in [4.69, 9.17) is 4.74 Å². The van der Waals surface area contributed by atoms with E-state index >= 15 is 0 Å². The summed E-state index contributed by atoms with van der Waals surface area (Å²) in [6.07, 6.45) is 2.32. The van der Waals surface area contributed by atoms with Gasteiger partial charge in [-0.25, -0.2) is 0 Å². The summed E-state index contributed by atoms with van der Waals surface area (Å²) in [7, 11) is 3.79. The van der Waals surface area contributed by atoms with Crippen molar-refractivity contribution in [3.8, 4) is 5.75 Å². The Labute approximate surface area is 161 Å². The van der Waals surface area contributed by atoms with Gasteiger partial charge in [-0.05, 0) is 68.2 Å². The number of ether oxygens (including phenoxy) is 1. The minimum absolute atomic E-state index is 0.0407. The lowest BCUT2D eigenvalue weighted by Crippen LogP contribution is -2.46. The zero-order valence-corrected chi connectivity index (χ0v) is 16.4. The van der Waals surface area contributed by atoms with Crippen LogP contribution >= 0.6 is 0 Å². The van der Waals surface area contributed by atoms with Crippen LogP contribution < -0.4 is 15.4 Å². The van der Waals surface area contributed by atoms with Crippen molar-refractivity contribution in [3.05, 3.63) is 54.1 Å². The van der Waals surface area contributed by atoms with E-state index in [0.717, 1.165) is 36.6 Å². The molecule has 2 N–H and O–H groups in total. The summed E-state index contributed by atoms with van der Waals surface area (Å²) in [4.78, 5) is 15.2. The van der Waals surface area contributed by atoms with Crippen LogP contribution in [0.2, 0.25) is 0 Å². The Morgan fingerprint density at radius 2 is 1.93 bits per heavy atom. The van der Waals surface area contributed by atoms with E-state index in [2.05, 4.69) is 29.5 Å². The molecule has 1 heterocycles. The molecule has 5 heteroatoms. The molecule has 0 unspecified atom stereocenters. The van der Waals surface area contributed by atoms with Crippen LogP contribution in [0.1, 0.15) is 30.1 Å². The fourth-order valence-corrected chi connectivity index (χ4v) is 3.74. The van der Waals surface area contributed by atoms with E-state index < -0.39 is 0 Å². The SMILES string of the molecule is COc1ccc(Nc2ccccc2C(=O)NC[C@@]2(C)CCCN(C)C2)cc1. The number of nitrogens with one attached hydrogen (secondary N) is 2. The number of hydrogen-bond acceptors (Lipinski definition) is 4. The van der Waals surface area contributed by atoms with E-state index in [9.17, 15) is 4.79 Å². The number of rotatable bonds is 6. The Bertz CT molecular complexity index is 775. The molecule has 1 aliphatic rings. The fraction of sp³-hybridized carbons (Fsp3) is 0.409. The van der Waals surface area contributed by atoms with Crippen molar-refractivity contribution in [2.24, 2.45) is 5.41 Å². The first-order valence-corrected chi connectivity index (χ1v) is 9.46. The van der Waals surface area contributed by atoms with Crippen molar-refractivity contribution in [3.63, 3.8) is 0 Å². The largest absolute Gasteiger partial charge is 0.497 e. The Hall–Kier alpha value is -2.53. The van der Waals surface area contributed by atoms with Crippen LogP contribution in [0.4, 0.5) is 11.4 Å². The van der Waals surface area contributed by atoms with Crippen molar-refractivity contribution in [2.75, 3.05) is 39.1 Å². The third-order valence-electron chi connectivity index (χ3n) is 5.19. The van der Waals surface area contributed by atoms with Gasteiger partial charge in [0.2, 0.25) is 0 Å². The number of para-hydroxylation sites is 1. The van der Waals surface area contributed by atoms with E-state index in [-0.39, 0.29) is 11.3 Å². The number of hydrogen-bond donors (Lipinski definition) is 2. The van der Waals surface area contributed by atoms with Crippen LogP contribution in [0.5, 0.6) is 5.75 Å². The van der Waals surface area contributed by atoms with Crippen molar-refractivity contribution in [1.29, 1.82) is 0 Å². The standard InChI is InChI=1S/C22H29N3O2/c1-22(13-6-14-25(2)16-22)15-23-21(26)19-7-4-5-8-20(19)24-17-9-11-18(27-3)12-10-17/h4-5,7-12,24H,6,13-16H2,1-3H3,(H,23,26)/t22-/m1/s1. The summed E-state index contributed by atoms with van der Waals surface area (Å²) >= 11 is 0. The predicted molar refractivity (Wildman–Crippen MR) is 110 cm³/mol. The maximum absolute atomic E-state index is 12.8. The smallest absolute Gasteiger partial charge is 0.253 e. The van der Waals surface area contributed by atoms with Gasteiger partial charge in [-0.2, -0.15) is 0 Å². The number of carbonyl (C=O) groups excluding carboxylic acids is 1. The van der Waals surface area contributed by atoms with E-state index in [1.807, 2.05) is 48.5 Å². The van der Waals surface area contributed by atoms with Gasteiger partial charge in [0.05, 0.1) is 18.4 Å². The molecule has 1 atom stereocenters. The van der Waals surface area contributed by atoms with Crippen molar-refractivity contribution in [2.45, 2.75) is 19.8 Å². The van der Waals surface area contributed by atoms with Crippen LogP contribution in [0.3, 0.4) is 0 Å². The molecule has 0 aliphatic carbocycles. The number of anilines is 2. The maximum Gasteiger partial charge on any atom is 0.253 e. The molecule has 2 aromatic rings. The lowest BCUT2D eigenvalue weighted by Gasteiger charge is -2.38. The number of benzene rings is 2. The Morgan fingerprint density at radius 1 is 1.19 bits per heavy atom. The molecule has 27 heavy (non-hydrogen) atoms. The minimum atomic E-state index is -0.0407. The molecule has 5 nitrogen and oxygen atoms in total. The lowest BCUT2D eigenvalue weighted by atomic mass is 9.82. The minimum Gasteiger partial charge on any atom is -0.497 e. The van der Waals surface area contributed by atoms with Crippen LogP contribution in [-0.4, -0.2) is 44.6 Å². The summed E-state index contributed by atoms with van der Waals surface area (Å²) in [5.74, 6) is 0.762. The van der Waals surface area contributed by atoms with Gasteiger partial charge in [0, 0.05) is 18.8 Å². The molecule has 1 saturated heterocycles. The van der Waals surface area contributed by atoms with E-state index in [1.54, 1.807) is 7.11 Å². The maximum atomic E-state index is 12.8. The number of nitrogens with zero attached hydrogens (tertiary/aromatic N) is 1. The van der Waals surface area contributed by atoms with Crippen molar-refractivity contribution >= 4 is 17.3 Å². The molecule has 0 saturated carbocycles. The average Bonchev–Trinajstić information content (AvgIpc) is 2.67. The van der Waals surface area contributed by atoms with Crippen LogP contribution in [0, 0.1) is 5.41 Å². The van der Waals surface area contributed by atoms with Gasteiger partial charge in [0.25, 0.3) is 5.91 Å². The quantitative estimate of drug-likeness (QED) is 0.813. The normalized spacial score (nSPS) is 20.1. The molecular formula is C22H29N3O2. The van der Waals surface area contributed by atoms with Crippen LogP contribution in [0.25, 0.3) is 0 Å². The molecule has 0 bridgehead atoms. The molecule has 144 valence electrons. The summed E-state index contributed by atoms with van der Waals surface area (Å²) < 4.78 is 5.19. The summed E-state index contributed by atoms with van der Waals surface area (Å²) in [6.45, 7) is 5.09. The second-order valence-electron chi connectivity index (χ2n) is 7.73. The second kappa shape index (κ2) is 8.44. The predicted octanol–water partition coefficient (Wildman–Crippen LogP) is 3.90. The third kappa shape index (κ3) is 5.01. The van der Waals surface area contributed by atoms with Gasteiger partial charge < -0.3 is 20.3 Å². The number of methoxy groups -OCH3 is 1. The topological polar surface area (TPSA) is 53.6 Å². The number of carbonyl (C=O) groups is 1. The van der Waals surface area contributed by atoms with Crippen LogP contribution in [-0.2, 0) is 0 Å². The molecular weight excluding hydrogens is 338 g/mol. The fourth-order valence-electron chi connectivity index (χ4n) is 3.74. The summed E-state index contributed by atoms with van der Waals surface area (Å²) in [6, 6.07) is 15.3. The van der Waals surface area contributed by atoms with Gasteiger partial charge in [-0.15, -0.1) is 0 Å². The lowest BCUT2D eigenvalue weighted by molar-refractivity contribution is 0.0874. The van der Waals surface area contributed by atoms with Crippen molar-refractivity contribution in [1.82, 2.24) is 10.2 Å². The summed E-state index contributed by atoms with van der Waals surface area (Å²) in [5.41, 5.74) is 2.49. The molecule has 1 fully saturated rings. The number of piperidine rings is 1. The molecule has 2 aromatic carbocycles. The molecule has 0 radical (unpaired) electrons. The molecule has 1 amide bonds. The van der Waals surface area contributed by atoms with E-state index in [0.29, 0.717) is 12.1 Å². The average molecular weight is 367 g/mol. The van der Waals surface area contributed by atoms with Crippen LogP contribution in [0.15, 0.2) is 48.5 Å². The van der Waals surface area contributed by atoms with E-state index in [1.165, 1.54) is 6.42 Å². The first kappa shape index (κ1) is 19.2. The summed E-state index contributed by atoms with van der Waals surface area (Å²) in [5, 5.41) is 6.48. The molecule has 0 spiro atoms. The first-order chi connectivity index (χ1) is 13.0. The van der Waals surface area contributed by atoms with Crippen molar-refractivity contribution < 1.29 is 9.53 Å². The van der Waals surface area contributed by atoms with Gasteiger partial charge in [0.1, 0.15) is 5.75 Å². The Balaban J connectivity index is 1.68. The van der Waals surface area contributed by atoms with Gasteiger partial charge >= 0.3 is 0 Å². The number of likely N-dealkylation sites (tertiary alicyclic amines) is 1. The highest BCUT2D eigenvalue weighted by molar-refractivity contribution is 6.00. The highest BCUT2D eigenvalue weighted by atomic mass is 16.5. The highest BCUT2D eigenvalue weighted by Gasteiger charge is 2.30.